The summed E-state index contributed by atoms with van der Waals surface area (Å²) in [5.41, 5.74) is 2.37. The molecular formula is C21H25FN4O3S. The SMILES string of the molecule is O=C(c1cc(C2CC2)n(C2CCS(=O)(=O)C2)n1)N1CCN(c2ccc(F)cc2)CC1. The number of carbonyl (C=O) groups excluding carboxylic acids is 1. The maximum atomic E-state index is 13.1. The van der Waals surface area contributed by atoms with Gasteiger partial charge in [0, 0.05) is 43.5 Å². The maximum absolute atomic E-state index is 13.1. The Kier molecular flexibility index (Phi) is 4.80. The number of benzene rings is 1. The van der Waals surface area contributed by atoms with Gasteiger partial charge in [0.15, 0.2) is 15.5 Å². The molecule has 1 aliphatic carbocycles. The molecule has 3 heterocycles. The van der Waals surface area contributed by atoms with Gasteiger partial charge in [-0.15, -0.1) is 0 Å². The fourth-order valence-corrected chi connectivity index (χ4v) is 6.13. The number of sulfone groups is 1. The number of nitrogens with zero attached hydrogens (tertiary/aromatic N) is 4. The Morgan fingerprint density at radius 1 is 1.03 bits per heavy atom. The molecule has 1 aromatic carbocycles. The summed E-state index contributed by atoms with van der Waals surface area (Å²) in [7, 11) is -3.02. The summed E-state index contributed by atoms with van der Waals surface area (Å²) in [4.78, 5) is 17.0. The van der Waals surface area contributed by atoms with Crippen molar-refractivity contribution in [3.05, 3.63) is 47.5 Å². The van der Waals surface area contributed by atoms with Gasteiger partial charge in [0.1, 0.15) is 5.82 Å². The van der Waals surface area contributed by atoms with E-state index in [0.29, 0.717) is 44.2 Å². The van der Waals surface area contributed by atoms with Crippen molar-refractivity contribution >= 4 is 21.4 Å². The van der Waals surface area contributed by atoms with Crippen LogP contribution < -0.4 is 4.90 Å². The average molecular weight is 433 g/mol. The minimum Gasteiger partial charge on any atom is -0.368 e. The average Bonchev–Trinajstić information content (AvgIpc) is 3.39. The molecule has 1 saturated carbocycles. The van der Waals surface area contributed by atoms with Gasteiger partial charge in [0.2, 0.25) is 0 Å². The number of carbonyl (C=O) groups is 1. The number of hydrogen-bond acceptors (Lipinski definition) is 5. The third-order valence-electron chi connectivity index (χ3n) is 6.29. The van der Waals surface area contributed by atoms with Crippen LogP contribution in [0.5, 0.6) is 0 Å². The van der Waals surface area contributed by atoms with Crippen molar-refractivity contribution in [1.82, 2.24) is 14.7 Å². The quantitative estimate of drug-likeness (QED) is 0.741. The summed E-state index contributed by atoms with van der Waals surface area (Å²) in [5, 5.41) is 4.59. The Labute approximate surface area is 175 Å². The predicted octanol–water partition coefficient (Wildman–Crippen LogP) is 2.22. The van der Waals surface area contributed by atoms with Gasteiger partial charge in [-0.2, -0.15) is 5.10 Å². The second kappa shape index (κ2) is 7.37. The number of aromatic nitrogens is 2. The van der Waals surface area contributed by atoms with Crippen LogP contribution in [0, 0.1) is 5.82 Å². The molecule has 0 N–H and O–H groups in total. The lowest BCUT2D eigenvalue weighted by atomic mass is 10.2. The van der Waals surface area contributed by atoms with Gasteiger partial charge in [-0.05, 0) is 49.6 Å². The highest BCUT2D eigenvalue weighted by molar-refractivity contribution is 7.91. The van der Waals surface area contributed by atoms with Crippen LogP contribution in [0.2, 0.25) is 0 Å². The zero-order chi connectivity index (χ0) is 20.9. The lowest BCUT2D eigenvalue weighted by molar-refractivity contribution is 0.0739. The van der Waals surface area contributed by atoms with Crippen molar-refractivity contribution in [2.24, 2.45) is 0 Å². The predicted molar refractivity (Wildman–Crippen MR) is 111 cm³/mol. The zero-order valence-corrected chi connectivity index (χ0v) is 17.5. The molecule has 3 fully saturated rings. The fraction of sp³-hybridized carbons (Fsp3) is 0.524. The monoisotopic (exact) mass is 432 g/mol. The van der Waals surface area contributed by atoms with Gasteiger partial charge >= 0.3 is 0 Å². The van der Waals surface area contributed by atoms with Gasteiger partial charge in [0.05, 0.1) is 17.5 Å². The number of amides is 1. The van der Waals surface area contributed by atoms with E-state index in [4.69, 9.17) is 0 Å². The van der Waals surface area contributed by atoms with E-state index in [1.54, 1.807) is 17.0 Å². The van der Waals surface area contributed by atoms with Crippen molar-refractivity contribution in [2.45, 2.75) is 31.2 Å². The van der Waals surface area contributed by atoms with Crippen LogP contribution in [0.15, 0.2) is 30.3 Å². The summed E-state index contributed by atoms with van der Waals surface area (Å²) in [6, 6.07) is 8.11. The Balaban J connectivity index is 1.30. The molecule has 0 spiro atoms. The standard InChI is InChI=1S/C21H25FN4O3S/c22-16-3-5-17(6-4-16)24-8-10-25(11-9-24)21(27)19-13-20(15-1-2-15)26(23-19)18-7-12-30(28,29)14-18/h3-6,13,15,18H,1-2,7-12,14H2. The number of piperazine rings is 1. The van der Waals surface area contributed by atoms with Crippen LogP contribution in [-0.4, -0.2) is 66.7 Å². The van der Waals surface area contributed by atoms with E-state index in [1.807, 2.05) is 10.7 Å². The third kappa shape index (κ3) is 3.82. The molecule has 9 heteroatoms. The second-order valence-electron chi connectivity index (χ2n) is 8.49. The van der Waals surface area contributed by atoms with Gasteiger partial charge in [-0.3, -0.25) is 9.48 Å². The van der Waals surface area contributed by atoms with Gasteiger partial charge < -0.3 is 9.80 Å². The maximum Gasteiger partial charge on any atom is 0.274 e. The van der Waals surface area contributed by atoms with Gasteiger partial charge in [-0.1, -0.05) is 0 Å². The Morgan fingerprint density at radius 2 is 1.73 bits per heavy atom. The number of anilines is 1. The molecule has 3 aliphatic rings. The molecule has 2 aliphatic heterocycles. The highest BCUT2D eigenvalue weighted by atomic mass is 32.2. The lowest BCUT2D eigenvalue weighted by Crippen LogP contribution is -2.48. The largest absolute Gasteiger partial charge is 0.368 e. The number of halogens is 1. The van der Waals surface area contributed by atoms with E-state index in [2.05, 4.69) is 10.00 Å². The summed E-state index contributed by atoms with van der Waals surface area (Å²) in [6.07, 6.45) is 2.69. The highest BCUT2D eigenvalue weighted by Gasteiger charge is 2.36. The topological polar surface area (TPSA) is 75.5 Å². The van der Waals surface area contributed by atoms with Crippen LogP contribution in [-0.2, 0) is 9.84 Å². The lowest BCUT2D eigenvalue weighted by Gasteiger charge is -2.35. The van der Waals surface area contributed by atoms with E-state index in [1.165, 1.54) is 12.1 Å². The van der Waals surface area contributed by atoms with Gasteiger partial charge in [-0.25, -0.2) is 12.8 Å². The summed E-state index contributed by atoms with van der Waals surface area (Å²) in [6.45, 7) is 2.49. The molecule has 0 bridgehead atoms. The second-order valence-corrected chi connectivity index (χ2v) is 10.7. The fourth-order valence-electron chi connectivity index (χ4n) is 4.44. The first-order valence-corrected chi connectivity index (χ1v) is 12.3. The van der Waals surface area contributed by atoms with E-state index in [9.17, 15) is 17.6 Å². The molecule has 2 saturated heterocycles. The minimum absolute atomic E-state index is 0.102. The molecule has 5 rings (SSSR count). The van der Waals surface area contributed by atoms with Crippen molar-refractivity contribution < 1.29 is 17.6 Å². The minimum atomic E-state index is -3.02. The van der Waals surface area contributed by atoms with E-state index in [-0.39, 0.29) is 29.3 Å². The summed E-state index contributed by atoms with van der Waals surface area (Å²) >= 11 is 0. The molecule has 1 atom stereocenters. The molecule has 7 nitrogen and oxygen atoms in total. The first-order chi connectivity index (χ1) is 14.4. The van der Waals surface area contributed by atoms with E-state index in [0.717, 1.165) is 24.2 Å². The van der Waals surface area contributed by atoms with Crippen LogP contribution >= 0.6 is 0 Å². The first-order valence-electron chi connectivity index (χ1n) is 10.5. The van der Waals surface area contributed by atoms with Crippen LogP contribution in [0.4, 0.5) is 10.1 Å². The van der Waals surface area contributed by atoms with Crippen molar-refractivity contribution in [2.75, 3.05) is 42.6 Å². The number of rotatable bonds is 4. The zero-order valence-electron chi connectivity index (χ0n) is 16.7. The smallest absolute Gasteiger partial charge is 0.274 e. The molecule has 30 heavy (non-hydrogen) atoms. The molecule has 2 aromatic rings. The summed E-state index contributed by atoms with van der Waals surface area (Å²) < 4.78 is 38.8. The third-order valence-corrected chi connectivity index (χ3v) is 8.04. The summed E-state index contributed by atoms with van der Waals surface area (Å²) in [5.74, 6) is 0.326. The van der Waals surface area contributed by atoms with Crippen LogP contribution in [0.1, 0.15) is 47.4 Å². The van der Waals surface area contributed by atoms with Gasteiger partial charge in [0.25, 0.3) is 5.91 Å². The Bertz CT molecular complexity index is 1050. The molecule has 1 unspecified atom stereocenters. The van der Waals surface area contributed by atoms with Crippen molar-refractivity contribution in [3.63, 3.8) is 0 Å². The van der Waals surface area contributed by atoms with Crippen LogP contribution in [0.25, 0.3) is 0 Å². The molecule has 1 amide bonds. The molecule has 1 aromatic heterocycles. The molecular weight excluding hydrogens is 407 g/mol. The van der Waals surface area contributed by atoms with E-state index < -0.39 is 9.84 Å². The number of hydrogen-bond donors (Lipinski definition) is 0. The van der Waals surface area contributed by atoms with Crippen LogP contribution in [0.3, 0.4) is 0 Å². The molecule has 0 radical (unpaired) electrons. The Morgan fingerprint density at radius 3 is 2.33 bits per heavy atom. The Hall–Kier alpha value is -2.42. The van der Waals surface area contributed by atoms with E-state index >= 15 is 0 Å². The van der Waals surface area contributed by atoms with Crippen molar-refractivity contribution in [1.29, 1.82) is 0 Å². The highest BCUT2D eigenvalue weighted by Crippen LogP contribution is 2.42. The molecule has 160 valence electrons. The normalized spacial score (nSPS) is 23.7. The first kappa shape index (κ1) is 19.5. The van der Waals surface area contributed by atoms with Crippen molar-refractivity contribution in [3.8, 4) is 0 Å².